The molecule has 0 aliphatic carbocycles. The molecule has 2 rings (SSSR count). The number of benzene rings is 2. The monoisotopic (exact) mass is 298 g/mol. The first-order valence-electron chi connectivity index (χ1n) is 7.92. The molecule has 0 aromatic heterocycles. The van der Waals surface area contributed by atoms with Crippen LogP contribution in [0.2, 0.25) is 0 Å². The molecule has 1 unspecified atom stereocenters. The van der Waals surface area contributed by atoms with Crippen LogP contribution in [0.5, 0.6) is 5.75 Å². The lowest BCUT2D eigenvalue weighted by Gasteiger charge is -2.29. The second-order valence-electron chi connectivity index (χ2n) is 5.54. The Morgan fingerprint density at radius 3 is 2.41 bits per heavy atom. The summed E-state index contributed by atoms with van der Waals surface area (Å²) < 4.78 is 5.89. The molecular formula is C19H26N2O. The Labute approximate surface area is 133 Å². The van der Waals surface area contributed by atoms with Gasteiger partial charge in [-0.15, -0.1) is 0 Å². The molecule has 0 aliphatic rings. The Morgan fingerprint density at radius 2 is 1.73 bits per heavy atom. The van der Waals surface area contributed by atoms with Crippen molar-refractivity contribution in [2.45, 2.75) is 25.9 Å². The third-order valence-corrected chi connectivity index (χ3v) is 3.77. The van der Waals surface area contributed by atoms with Crippen LogP contribution in [-0.2, 0) is 6.54 Å². The minimum atomic E-state index is 0.147. The summed E-state index contributed by atoms with van der Waals surface area (Å²) in [6.45, 7) is 4.28. The van der Waals surface area contributed by atoms with Crippen molar-refractivity contribution < 1.29 is 4.74 Å². The molecule has 118 valence electrons. The quantitative estimate of drug-likeness (QED) is 0.809. The van der Waals surface area contributed by atoms with Crippen LogP contribution in [0.3, 0.4) is 0 Å². The molecule has 2 N–H and O–H groups in total. The minimum Gasteiger partial charge on any atom is -0.493 e. The Hall–Kier alpha value is -1.84. The van der Waals surface area contributed by atoms with Crippen LogP contribution in [0.15, 0.2) is 54.6 Å². The van der Waals surface area contributed by atoms with E-state index in [1.165, 1.54) is 5.56 Å². The van der Waals surface area contributed by atoms with Crippen molar-refractivity contribution in [3.63, 3.8) is 0 Å². The van der Waals surface area contributed by atoms with Gasteiger partial charge in [0, 0.05) is 18.7 Å². The SMILES string of the molecule is CCCOc1ccccc1C(CN)N(C)Cc1ccccc1. The fourth-order valence-electron chi connectivity index (χ4n) is 2.63. The Balaban J connectivity index is 2.16. The topological polar surface area (TPSA) is 38.5 Å². The van der Waals surface area contributed by atoms with Crippen LogP contribution in [0.1, 0.15) is 30.5 Å². The zero-order chi connectivity index (χ0) is 15.8. The Bertz CT molecular complexity index is 556. The Morgan fingerprint density at radius 1 is 1.05 bits per heavy atom. The molecule has 0 bridgehead atoms. The fourth-order valence-corrected chi connectivity index (χ4v) is 2.63. The van der Waals surface area contributed by atoms with Gasteiger partial charge in [-0.2, -0.15) is 0 Å². The van der Waals surface area contributed by atoms with Crippen LogP contribution >= 0.6 is 0 Å². The first-order valence-corrected chi connectivity index (χ1v) is 7.92. The zero-order valence-corrected chi connectivity index (χ0v) is 13.5. The van der Waals surface area contributed by atoms with E-state index in [-0.39, 0.29) is 6.04 Å². The molecule has 2 aromatic carbocycles. The lowest BCUT2D eigenvalue weighted by molar-refractivity contribution is 0.231. The molecule has 0 radical (unpaired) electrons. The van der Waals surface area contributed by atoms with E-state index in [4.69, 9.17) is 10.5 Å². The van der Waals surface area contributed by atoms with Crippen LogP contribution < -0.4 is 10.5 Å². The molecule has 0 saturated heterocycles. The molecule has 3 heteroatoms. The molecule has 2 aromatic rings. The standard InChI is InChI=1S/C19H26N2O/c1-3-13-22-19-12-8-7-11-17(19)18(14-20)21(2)15-16-9-5-4-6-10-16/h4-12,18H,3,13-15,20H2,1-2H3. The summed E-state index contributed by atoms with van der Waals surface area (Å²) in [5, 5.41) is 0. The summed E-state index contributed by atoms with van der Waals surface area (Å²) in [4.78, 5) is 2.28. The number of ether oxygens (including phenoxy) is 1. The van der Waals surface area contributed by atoms with E-state index in [2.05, 4.69) is 49.2 Å². The predicted octanol–water partition coefficient (Wildman–Crippen LogP) is 3.61. The number of nitrogens with zero attached hydrogens (tertiary/aromatic N) is 1. The number of likely N-dealkylation sites (N-methyl/N-ethyl adjacent to an activating group) is 1. The van der Waals surface area contributed by atoms with Crippen molar-refractivity contribution in [1.29, 1.82) is 0 Å². The largest absolute Gasteiger partial charge is 0.493 e. The molecule has 22 heavy (non-hydrogen) atoms. The van der Waals surface area contributed by atoms with E-state index in [0.29, 0.717) is 6.54 Å². The van der Waals surface area contributed by atoms with Gasteiger partial charge in [0.25, 0.3) is 0 Å². The van der Waals surface area contributed by atoms with Gasteiger partial charge >= 0.3 is 0 Å². The zero-order valence-electron chi connectivity index (χ0n) is 13.5. The highest BCUT2D eigenvalue weighted by Gasteiger charge is 2.19. The summed E-state index contributed by atoms with van der Waals surface area (Å²) >= 11 is 0. The van der Waals surface area contributed by atoms with E-state index >= 15 is 0 Å². The van der Waals surface area contributed by atoms with Gasteiger partial charge in [0.15, 0.2) is 0 Å². The van der Waals surface area contributed by atoms with Crippen molar-refractivity contribution in [2.75, 3.05) is 20.2 Å². The number of hydrogen-bond donors (Lipinski definition) is 1. The predicted molar refractivity (Wildman–Crippen MR) is 91.9 cm³/mol. The molecule has 0 spiro atoms. The maximum Gasteiger partial charge on any atom is 0.124 e. The highest BCUT2D eigenvalue weighted by Crippen LogP contribution is 2.29. The van der Waals surface area contributed by atoms with Crippen LogP contribution in [0.25, 0.3) is 0 Å². The highest BCUT2D eigenvalue weighted by molar-refractivity contribution is 5.36. The lowest BCUT2D eigenvalue weighted by atomic mass is 10.0. The van der Waals surface area contributed by atoms with Gasteiger partial charge in [-0.3, -0.25) is 4.90 Å². The smallest absolute Gasteiger partial charge is 0.124 e. The lowest BCUT2D eigenvalue weighted by Crippen LogP contribution is -2.30. The first kappa shape index (κ1) is 16.5. The summed E-state index contributed by atoms with van der Waals surface area (Å²) in [6.07, 6.45) is 1.00. The average Bonchev–Trinajstić information content (AvgIpc) is 2.55. The van der Waals surface area contributed by atoms with Gasteiger partial charge in [-0.25, -0.2) is 0 Å². The van der Waals surface area contributed by atoms with E-state index in [1.54, 1.807) is 0 Å². The molecule has 0 heterocycles. The first-order chi connectivity index (χ1) is 10.8. The molecule has 1 atom stereocenters. The van der Waals surface area contributed by atoms with Crippen molar-refractivity contribution in [2.24, 2.45) is 5.73 Å². The van der Waals surface area contributed by atoms with E-state index in [9.17, 15) is 0 Å². The van der Waals surface area contributed by atoms with Gasteiger partial charge in [0.1, 0.15) is 5.75 Å². The average molecular weight is 298 g/mol. The molecule has 0 amide bonds. The second-order valence-corrected chi connectivity index (χ2v) is 5.54. The van der Waals surface area contributed by atoms with Gasteiger partial charge < -0.3 is 10.5 Å². The molecule has 0 fully saturated rings. The molecular weight excluding hydrogens is 272 g/mol. The summed E-state index contributed by atoms with van der Waals surface area (Å²) in [6, 6.07) is 18.8. The number of hydrogen-bond acceptors (Lipinski definition) is 3. The number of rotatable bonds is 8. The van der Waals surface area contributed by atoms with E-state index < -0.39 is 0 Å². The molecule has 3 nitrogen and oxygen atoms in total. The van der Waals surface area contributed by atoms with Gasteiger partial charge in [-0.1, -0.05) is 55.5 Å². The summed E-state index contributed by atoms with van der Waals surface area (Å²) in [5.74, 6) is 0.944. The number of para-hydroxylation sites is 1. The summed E-state index contributed by atoms with van der Waals surface area (Å²) in [5.41, 5.74) is 8.51. The van der Waals surface area contributed by atoms with Crippen LogP contribution in [0, 0.1) is 0 Å². The fraction of sp³-hybridized carbons (Fsp3) is 0.368. The third-order valence-electron chi connectivity index (χ3n) is 3.77. The van der Waals surface area contributed by atoms with E-state index in [1.807, 2.05) is 24.3 Å². The van der Waals surface area contributed by atoms with Crippen molar-refractivity contribution in [1.82, 2.24) is 4.90 Å². The van der Waals surface area contributed by atoms with Crippen LogP contribution in [0.4, 0.5) is 0 Å². The highest BCUT2D eigenvalue weighted by atomic mass is 16.5. The van der Waals surface area contributed by atoms with Crippen LogP contribution in [-0.4, -0.2) is 25.1 Å². The van der Waals surface area contributed by atoms with E-state index in [0.717, 1.165) is 30.9 Å². The molecule has 0 aliphatic heterocycles. The Kier molecular flexibility index (Phi) is 6.44. The van der Waals surface area contributed by atoms with Crippen molar-refractivity contribution in [3.8, 4) is 5.75 Å². The summed E-state index contributed by atoms with van der Waals surface area (Å²) in [7, 11) is 2.11. The number of nitrogens with two attached hydrogens (primary N) is 1. The molecule has 0 saturated carbocycles. The van der Waals surface area contributed by atoms with Crippen molar-refractivity contribution >= 4 is 0 Å². The van der Waals surface area contributed by atoms with Crippen molar-refractivity contribution in [3.05, 3.63) is 65.7 Å². The second kappa shape index (κ2) is 8.57. The van der Waals surface area contributed by atoms with Gasteiger partial charge in [0.05, 0.1) is 12.6 Å². The third kappa shape index (κ3) is 4.33. The normalized spacial score (nSPS) is 12.4. The maximum absolute atomic E-state index is 6.06. The van der Waals surface area contributed by atoms with Gasteiger partial charge in [0.2, 0.25) is 0 Å². The maximum atomic E-state index is 6.06. The minimum absolute atomic E-state index is 0.147. The van der Waals surface area contributed by atoms with Gasteiger partial charge in [-0.05, 0) is 25.1 Å².